The van der Waals surface area contributed by atoms with E-state index >= 15 is 0 Å². The number of halogens is 1. The number of piperidine rings is 1. The molecule has 1 aliphatic carbocycles. The summed E-state index contributed by atoms with van der Waals surface area (Å²) in [5, 5.41) is 20.1. The highest BCUT2D eigenvalue weighted by molar-refractivity contribution is 6.30. The summed E-state index contributed by atoms with van der Waals surface area (Å²) >= 11 is 6.17. The van der Waals surface area contributed by atoms with Crippen LogP contribution in [0.2, 0.25) is 5.02 Å². The molecule has 9 heteroatoms. The lowest BCUT2D eigenvalue weighted by atomic mass is 9.95. The van der Waals surface area contributed by atoms with E-state index in [0.717, 1.165) is 59.3 Å². The number of amides is 1. The van der Waals surface area contributed by atoms with E-state index in [0.29, 0.717) is 53.8 Å². The molecule has 0 atom stereocenters. The zero-order chi connectivity index (χ0) is 33.2. The summed E-state index contributed by atoms with van der Waals surface area (Å²) in [5.74, 6) is 0.489. The second-order valence-electron chi connectivity index (χ2n) is 12.8. The molecule has 2 N–H and O–H groups in total. The van der Waals surface area contributed by atoms with E-state index in [9.17, 15) is 19.8 Å². The molecule has 48 heavy (non-hydrogen) atoms. The third-order valence-electron chi connectivity index (χ3n) is 9.64. The van der Waals surface area contributed by atoms with Gasteiger partial charge in [0.15, 0.2) is 0 Å². The fraction of sp³-hybridized carbons (Fsp3) is 0.308. The molecular weight excluding hydrogens is 626 g/mol. The Bertz CT molecular complexity index is 1940. The summed E-state index contributed by atoms with van der Waals surface area (Å²) in [4.78, 5) is 31.8. The maximum Gasteiger partial charge on any atom is 0.335 e. The molecule has 8 nitrogen and oxygen atoms in total. The first-order valence-corrected chi connectivity index (χ1v) is 17.1. The Kier molecular flexibility index (Phi) is 9.19. The standard InChI is InChI=1S/C39H38ClN3O5/c40-30-12-6-25(7-13-30)34-16-10-27(38(45)42-20-18-32(44)19-21-42)22-29(34)24-48-33-14-8-26(9-15-33)37-41-35-23-28(39(46)47)11-17-36(35)43(37)31-4-2-1-3-5-31/h6-17,22-23,31-32,44H,1-5,18-21,24H2,(H,46,47). The molecule has 1 aliphatic heterocycles. The summed E-state index contributed by atoms with van der Waals surface area (Å²) in [7, 11) is 0. The van der Waals surface area contributed by atoms with Gasteiger partial charge in [-0.25, -0.2) is 9.78 Å². The second kappa shape index (κ2) is 13.8. The van der Waals surface area contributed by atoms with Crippen molar-refractivity contribution >= 4 is 34.5 Å². The lowest BCUT2D eigenvalue weighted by Gasteiger charge is -2.29. The Morgan fingerprint density at radius 1 is 0.812 bits per heavy atom. The maximum atomic E-state index is 13.4. The van der Waals surface area contributed by atoms with Crippen LogP contribution < -0.4 is 4.74 Å². The first-order chi connectivity index (χ1) is 23.3. The van der Waals surface area contributed by atoms with Crippen LogP contribution >= 0.6 is 11.6 Å². The molecule has 0 spiro atoms. The first kappa shape index (κ1) is 31.9. The minimum atomic E-state index is -0.965. The lowest BCUT2D eigenvalue weighted by Crippen LogP contribution is -2.40. The third kappa shape index (κ3) is 6.68. The van der Waals surface area contributed by atoms with Crippen LogP contribution in [0.3, 0.4) is 0 Å². The summed E-state index contributed by atoms with van der Waals surface area (Å²) in [6.45, 7) is 1.31. The molecule has 2 heterocycles. The number of carboxylic acids is 1. The van der Waals surface area contributed by atoms with Gasteiger partial charge in [0.25, 0.3) is 5.91 Å². The number of aliphatic hydroxyl groups excluding tert-OH is 1. The topological polar surface area (TPSA) is 105 Å². The van der Waals surface area contributed by atoms with Crippen molar-refractivity contribution < 1.29 is 24.5 Å². The SMILES string of the molecule is O=C(O)c1ccc2c(c1)nc(-c1ccc(OCc3cc(C(=O)N4CCC(O)CC4)ccc3-c3ccc(Cl)cc3)cc1)n2C1CCCCC1. The van der Waals surface area contributed by atoms with Gasteiger partial charge in [-0.15, -0.1) is 0 Å². The molecule has 4 aromatic carbocycles. The number of carbonyl (C=O) groups excluding carboxylic acids is 1. The number of hydrogen-bond donors (Lipinski definition) is 2. The summed E-state index contributed by atoms with van der Waals surface area (Å²) in [6, 6.07) is 26.7. The van der Waals surface area contributed by atoms with Gasteiger partial charge >= 0.3 is 5.97 Å². The van der Waals surface area contributed by atoms with Gasteiger partial charge in [0.2, 0.25) is 0 Å². The Morgan fingerprint density at radius 3 is 2.21 bits per heavy atom. The number of nitrogens with zero attached hydrogens (tertiary/aromatic N) is 3. The van der Waals surface area contributed by atoms with Crippen molar-refractivity contribution in [3.8, 4) is 28.3 Å². The summed E-state index contributed by atoms with van der Waals surface area (Å²) in [6.07, 6.45) is 6.50. The number of fused-ring (bicyclic) bond motifs is 1. The monoisotopic (exact) mass is 663 g/mol. The number of aromatic carboxylic acids is 1. The van der Waals surface area contributed by atoms with Gasteiger partial charge in [-0.1, -0.05) is 49.1 Å². The molecule has 1 aromatic heterocycles. The number of ether oxygens (including phenoxy) is 1. The van der Waals surface area contributed by atoms with E-state index in [1.807, 2.05) is 72.8 Å². The Balaban J connectivity index is 1.16. The van der Waals surface area contributed by atoms with E-state index in [4.69, 9.17) is 21.3 Å². The number of aromatic nitrogens is 2. The number of rotatable bonds is 8. The number of hydrogen-bond acceptors (Lipinski definition) is 5. The largest absolute Gasteiger partial charge is 0.489 e. The smallest absolute Gasteiger partial charge is 0.335 e. The van der Waals surface area contributed by atoms with Crippen LogP contribution in [-0.2, 0) is 6.61 Å². The average Bonchev–Trinajstić information content (AvgIpc) is 3.50. The van der Waals surface area contributed by atoms with Gasteiger partial charge < -0.3 is 24.4 Å². The van der Waals surface area contributed by atoms with Crippen molar-refractivity contribution in [1.29, 1.82) is 0 Å². The van der Waals surface area contributed by atoms with Crippen molar-refractivity contribution in [2.75, 3.05) is 13.1 Å². The Morgan fingerprint density at radius 2 is 1.50 bits per heavy atom. The minimum absolute atomic E-state index is 0.0495. The highest BCUT2D eigenvalue weighted by atomic mass is 35.5. The van der Waals surface area contributed by atoms with Gasteiger partial charge in [0, 0.05) is 35.3 Å². The highest BCUT2D eigenvalue weighted by Gasteiger charge is 2.25. The predicted octanol–water partition coefficient (Wildman–Crippen LogP) is 8.40. The minimum Gasteiger partial charge on any atom is -0.489 e. The van der Waals surface area contributed by atoms with Crippen molar-refractivity contribution in [1.82, 2.24) is 14.5 Å². The van der Waals surface area contributed by atoms with E-state index in [1.54, 1.807) is 17.0 Å². The maximum absolute atomic E-state index is 13.4. The molecule has 246 valence electrons. The van der Waals surface area contributed by atoms with Crippen LogP contribution in [0.15, 0.2) is 84.9 Å². The lowest BCUT2D eigenvalue weighted by molar-refractivity contribution is 0.0545. The fourth-order valence-corrected chi connectivity index (χ4v) is 7.14. The van der Waals surface area contributed by atoms with Crippen LogP contribution in [0.1, 0.15) is 77.3 Å². The normalized spacial score (nSPS) is 15.9. The number of imidazole rings is 1. The van der Waals surface area contributed by atoms with Gasteiger partial charge in [0.05, 0.1) is 22.7 Å². The van der Waals surface area contributed by atoms with Gasteiger partial charge in [-0.3, -0.25) is 4.79 Å². The molecule has 1 saturated carbocycles. The first-order valence-electron chi connectivity index (χ1n) is 16.7. The predicted molar refractivity (Wildman–Crippen MR) is 187 cm³/mol. The number of aliphatic hydroxyl groups is 1. The van der Waals surface area contributed by atoms with Crippen LogP contribution in [0.25, 0.3) is 33.5 Å². The van der Waals surface area contributed by atoms with E-state index in [-0.39, 0.29) is 24.2 Å². The molecule has 1 amide bonds. The van der Waals surface area contributed by atoms with Gasteiger partial charge in [-0.05, 0) is 109 Å². The van der Waals surface area contributed by atoms with Crippen LogP contribution in [-0.4, -0.2) is 55.7 Å². The molecule has 1 saturated heterocycles. The third-order valence-corrected chi connectivity index (χ3v) is 9.89. The number of likely N-dealkylation sites (tertiary alicyclic amines) is 1. The van der Waals surface area contributed by atoms with Crippen molar-refractivity contribution in [3.05, 3.63) is 107 Å². The molecule has 5 aromatic rings. The van der Waals surface area contributed by atoms with Crippen molar-refractivity contribution in [2.24, 2.45) is 0 Å². The fourth-order valence-electron chi connectivity index (χ4n) is 7.01. The Hall–Kier alpha value is -4.66. The van der Waals surface area contributed by atoms with Crippen LogP contribution in [0, 0.1) is 0 Å². The molecule has 7 rings (SSSR count). The second-order valence-corrected chi connectivity index (χ2v) is 13.3. The van der Waals surface area contributed by atoms with Crippen molar-refractivity contribution in [3.63, 3.8) is 0 Å². The van der Waals surface area contributed by atoms with Gasteiger partial charge in [0.1, 0.15) is 18.2 Å². The molecule has 2 aliphatic rings. The van der Waals surface area contributed by atoms with Crippen LogP contribution in [0.5, 0.6) is 5.75 Å². The van der Waals surface area contributed by atoms with Crippen molar-refractivity contribution in [2.45, 2.75) is 63.7 Å². The summed E-state index contributed by atoms with van der Waals surface area (Å²) < 4.78 is 8.63. The quantitative estimate of drug-likeness (QED) is 0.173. The molecule has 0 bridgehead atoms. The zero-order valence-corrected chi connectivity index (χ0v) is 27.4. The average molecular weight is 664 g/mol. The number of benzene rings is 4. The zero-order valence-electron chi connectivity index (χ0n) is 26.6. The number of carboxylic acid groups (broad SMARTS) is 1. The van der Waals surface area contributed by atoms with Gasteiger partial charge in [-0.2, -0.15) is 0 Å². The van der Waals surface area contributed by atoms with E-state index in [1.165, 1.54) is 6.42 Å². The van der Waals surface area contributed by atoms with E-state index in [2.05, 4.69) is 4.57 Å². The van der Waals surface area contributed by atoms with E-state index < -0.39 is 5.97 Å². The molecule has 2 fully saturated rings. The molecule has 0 unspecified atom stereocenters. The molecular formula is C39H38ClN3O5. The Labute approximate surface area is 284 Å². The highest BCUT2D eigenvalue weighted by Crippen LogP contribution is 2.37. The molecule has 0 radical (unpaired) electrons. The summed E-state index contributed by atoms with van der Waals surface area (Å²) in [5.41, 5.74) is 6.18. The number of carbonyl (C=O) groups is 2. The van der Waals surface area contributed by atoms with Crippen LogP contribution in [0.4, 0.5) is 0 Å².